The summed E-state index contributed by atoms with van der Waals surface area (Å²) in [7, 11) is 0. The normalized spacial score (nSPS) is 10.4. The summed E-state index contributed by atoms with van der Waals surface area (Å²) in [4.78, 5) is 20.1. The Hall–Kier alpha value is -1.78. The lowest BCUT2D eigenvalue weighted by atomic mass is 10.6. The van der Waals surface area contributed by atoms with Crippen molar-refractivity contribution in [3.05, 3.63) is 24.7 Å². The molecule has 0 spiro atoms. The number of hydrogen-bond acceptors (Lipinski definition) is 4. The molecule has 0 atom stereocenters. The lowest BCUT2D eigenvalue weighted by Crippen LogP contribution is -2.02. The van der Waals surface area contributed by atoms with Crippen molar-refractivity contribution in [2.75, 3.05) is 0 Å². The topological polar surface area (TPSA) is 83.8 Å². The first-order valence-corrected chi connectivity index (χ1v) is 2.53. The molecule has 0 aliphatic rings. The van der Waals surface area contributed by atoms with Crippen molar-refractivity contribution in [1.29, 1.82) is 0 Å². The van der Waals surface area contributed by atoms with Crippen LogP contribution in [-0.2, 0) is 14.3 Å². The molecule has 0 aromatic heterocycles. The molecule has 0 bridgehead atoms. The second-order valence-electron chi connectivity index (χ2n) is 1.45. The molecule has 0 unspecified atom stereocenters. The van der Waals surface area contributed by atoms with Crippen LogP contribution in [0.1, 0.15) is 0 Å². The molecule has 0 rings (SSSR count). The monoisotopic (exact) mass is 158 g/mol. The van der Waals surface area contributed by atoms with Gasteiger partial charge < -0.3 is 14.9 Å². The van der Waals surface area contributed by atoms with Crippen molar-refractivity contribution in [1.82, 2.24) is 0 Å². The van der Waals surface area contributed by atoms with E-state index in [0.29, 0.717) is 6.26 Å². The number of ether oxygens (including phenoxy) is 1. The van der Waals surface area contributed by atoms with E-state index in [1.165, 1.54) is 0 Å². The van der Waals surface area contributed by atoms with Crippen LogP contribution >= 0.6 is 0 Å². The highest BCUT2D eigenvalue weighted by Crippen LogP contribution is 1.89. The Balaban J connectivity index is 4.02. The third-order valence-electron chi connectivity index (χ3n) is 0.672. The Labute approximate surface area is 62.2 Å². The summed E-state index contributed by atoms with van der Waals surface area (Å²) >= 11 is 0. The van der Waals surface area contributed by atoms with Crippen molar-refractivity contribution >= 4 is 11.9 Å². The number of hydrogen-bond donors (Lipinski definition) is 2. The van der Waals surface area contributed by atoms with E-state index in [9.17, 15) is 9.59 Å². The molecule has 11 heavy (non-hydrogen) atoms. The fraction of sp³-hybridized carbons (Fsp3) is 0. The largest absolute Gasteiger partial charge is 0.500 e. The van der Waals surface area contributed by atoms with Gasteiger partial charge in [0.2, 0.25) is 5.76 Å². The van der Waals surface area contributed by atoms with E-state index < -0.39 is 17.7 Å². The van der Waals surface area contributed by atoms with Gasteiger partial charge in [0.05, 0.1) is 0 Å². The second kappa shape index (κ2) is 4.10. The van der Waals surface area contributed by atoms with Crippen molar-refractivity contribution < 1.29 is 24.5 Å². The molecule has 5 heteroatoms. The lowest BCUT2D eigenvalue weighted by molar-refractivity contribution is -0.136. The zero-order valence-corrected chi connectivity index (χ0v) is 5.48. The average Bonchev–Trinajstić information content (AvgIpc) is 1.99. The first-order chi connectivity index (χ1) is 5.07. The van der Waals surface area contributed by atoms with Gasteiger partial charge in [0.1, 0.15) is 6.26 Å². The van der Waals surface area contributed by atoms with Gasteiger partial charge in [0, 0.05) is 6.08 Å². The van der Waals surface area contributed by atoms with Crippen LogP contribution in [0.3, 0.4) is 0 Å². The summed E-state index contributed by atoms with van der Waals surface area (Å²) in [5, 5.41) is 16.5. The fourth-order valence-electron chi connectivity index (χ4n) is 0.212. The van der Waals surface area contributed by atoms with Gasteiger partial charge >= 0.3 is 11.9 Å². The summed E-state index contributed by atoms with van der Waals surface area (Å²) in [6.45, 7) is 3.05. The number of aliphatic hydroxyl groups is 1. The summed E-state index contributed by atoms with van der Waals surface area (Å²) < 4.78 is 4.06. The fourth-order valence-corrected chi connectivity index (χ4v) is 0.212. The van der Waals surface area contributed by atoms with Gasteiger partial charge in [0.15, 0.2) is 0 Å². The predicted octanol–water partition coefficient (Wildman–Crippen LogP) is 0.200. The Bertz CT molecular complexity index is 215. The molecule has 0 aromatic rings. The standard InChI is InChI=1S/C6H6O5/c1-2-5(8)11-3-4(7)6(9)10/h2-3,7H,1H2,(H,9,10). The Morgan fingerprint density at radius 1 is 1.36 bits per heavy atom. The summed E-state index contributed by atoms with van der Waals surface area (Å²) in [6, 6.07) is 0. The zero-order chi connectivity index (χ0) is 8.85. The van der Waals surface area contributed by atoms with E-state index in [1.807, 2.05) is 0 Å². The van der Waals surface area contributed by atoms with Gasteiger partial charge in [-0.25, -0.2) is 9.59 Å². The highest BCUT2D eigenvalue weighted by atomic mass is 16.5. The minimum Gasteiger partial charge on any atom is -0.500 e. The number of carboxylic acids is 1. The van der Waals surface area contributed by atoms with E-state index in [2.05, 4.69) is 11.3 Å². The van der Waals surface area contributed by atoms with Gasteiger partial charge in [-0.3, -0.25) is 0 Å². The van der Waals surface area contributed by atoms with Crippen molar-refractivity contribution in [2.45, 2.75) is 0 Å². The van der Waals surface area contributed by atoms with Gasteiger partial charge in [0.25, 0.3) is 0 Å². The van der Waals surface area contributed by atoms with E-state index in [4.69, 9.17) is 10.2 Å². The lowest BCUT2D eigenvalue weighted by Gasteiger charge is -1.92. The molecule has 0 aliphatic heterocycles. The van der Waals surface area contributed by atoms with Gasteiger partial charge in [-0.05, 0) is 0 Å². The van der Waals surface area contributed by atoms with E-state index in [-0.39, 0.29) is 0 Å². The molecule has 60 valence electrons. The minimum atomic E-state index is -1.57. The Morgan fingerprint density at radius 3 is 2.27 bits per heavy atom. The first kappa shape index (κ1) is 9.22. The summed E-state index contributed by atoms with van der Waals surface area (Å²) in [6.07, 6.45) is 1.26. The van der Waals surface area contributed by atoms with E-state index >= 15 is 0 Å². The molecule has 0 saturated carbocycles. The number of carbonyl (C=O) groups is 2. The SMILES string of the molecule is C=CC(=O)OC=C(O)C(=O)O. The number of aliphatic hydroxyl groups excluding tert-OH is 1. The van der Waals surface area contributed by atoms with Crippen LogP contribution in [0.2, 0.25) is 0 Å². The maximum Gasteiger partial charge on any atom is 0.374 e. The van der Waals surface area contributed by atoms with Crippen LogP contribution in [0.4, 0.5) is 0 Å². The molecule has 0 heterocycles. The molecule has 2 N–H and O–H groups in total. The summed E-state index contributed by atoms with van der Waals surface area (Å²) in [5.41, 5.74) is 0. The number of rotatable bonds is 3. The average molecular weight is 158 g/mol. The van der Waals surface area contributed by atoms with Gasteiger partial charge in [-0.2, -0.15) is 0 Å². The van der Waals surface area contributed by atoms with Crippen LogP contribution in [0.25, 0.3) is 0 Å². The molecule has 5 nitrogen and oxygen atoms in total. The van der Waals surface area contributed by atoms with Crippen molar-refractivity contribution in [2.24, 2.45) is 0 Å². The number of esters is 1. The highest BCUT2D eigenvalue weighted by molar-refractivity contribution is 5.85. The van der Waals surface area contributed by atoms with Crippen molar-refractivity contribution in [3.63, 3.8) is 0 Å². The van der Waals surface area contributed by atoms with E-state index in [0.717, 1.165) is 6.08 Å². The van der Waals surface area contributed by atoms with Crippen LogP contribution in [0.5, 0.6) is 0 Å². The van der Waals surface area contributed by atoms with Crippen LogP contribution in [-0.4, -0.2) is 22.2 Å². The molecule has 0 radical (unpaired) electrons. The molecular weight excluding hydrogens is 152 g/mol. The summed E-state index contributed by atoms with van der Waals surface area (Å²) in [5.74, 6) is -3.44. The maximum absolute atomic E-state index is 10.2. The van der Waals surface area contributed by atoms with Gasteiger partial charge in [-0.15, -0.1) is 0 Å². The Kier molecular flexibility index (Phi) is 3.44. The second-order valence-corrected chi connectivity index (χ2v) is 1.45. The maximum atomic E-state index is 10.2. The van der Waals surface area contributed by atoms with Crippen LogP contribution < -0.4 is 0 Å². The molecule has 0 aromatic carbocycles. The molecule has 0 fully saturated rings. The quantitative estimate of drug-likeness (QED) is 0.348. The van der Waals surface area contributed by atoms with Crippen LogP contribution in [0, 0.1) is 0 Å². The third kappa shape index (κ3) is 3.74. The molecule has 0 amide bonds. The van der Waals surface area contributed by atoms with Crippen molar-refractivity contribution in [3.8, 4) is 0 Å². The van der Waals surface area contributed by atoms with E-state index in [1.54, 1.807) is 0 Å². The Morgan fingerprint density at radius 2 is 1.91 bits per heavy atom. The number of carboxylic acid groups (broad SMARTS) is 1. The van der Waals surface area contributed by atoms with Crippen LogP contribution in [0.15, 0.2) is 24.7 Å². The third-order valence-corrected chi connectivity index (χ3v) is 0.672. The molecule has 0 saturated heterocycles. The highest BCUT2D eigenvalue weighted by Gasteiger charge is 2.04. The van der Waals surface area contributed by atoms with Gasteiger partial charge in [-0.1, -0.05) is 6.58 Å². The first-order valence-electron chi connectivity index (χ1n) is 2.53. The number of aliphatic carboxylic acids is 1. The predicted molar refractivity (Wildman–Crippen MR) is 34.6 cm³/mol. The number of carbonyl (C=O) groups excluding carboxylic acids is 1. The minimum absolute atomic E-state index is 0.423. The smallest absolute Gasteiger partial charge is 0.374 e. The molecular formula is C6H6O5. The zero-order valence-electron chi connectivity index (χ0n) is 5.48. The molecule has 0 aliphatic carbocycles.